The Hall–Kier alpha value is -3.15. The first-order valence-corrected chi connectivity index (χ1v) is 11.5. The van der Waals surface area contributed by atoms with Crippen molar-refractivity contribution in [1.82, 2.24) is 4.90 Å². The van der Waals surface area contributed by atoms with Crippen molar-refractivity contribution >= 4 is 39.7 Å². The van der Waals surface area contributed by atoms with Crippen LogP contribution in [0.2, 0.25) is 0 Å². The van der Waals surface area contributed by atoms with Crippen LogP contribution >= 0.6 is 0 Å². The van der Waals surface area contributed by atoms with Crippen LogP contribution in [0.25, 0.3) is 22.4 Å². The zero-order valence-electron chi connectivity index (χ0n) is 18.2. The first kappa shape index (κ1) is 20.7. The van der Waals surface area contributed by atoms with Crippen molar-refractivity contribution in [3.8, 4) is 0 Å². The molecule has 0 spiro atoms. The molecule has 3 aromatic rings. The van der Waals surface area contributed by atoms with Gasteiger partial charge in [-0.2, -0.15) is 0 Å². The lowest BCUT2D eigenvalue weighted by molar-refractivity contribution is -0.116. The molecule has 2 aliphatic heterocycles. The van der Waals surface area contributed by atoms with Gasteiger partial charge in [-0.15, -0.1) is 0 Å². The van der Waals surface area contributed by atoms with Crippen molar-refractivity contribution in [3.63, 3.8) is 0 Å². The third-order valence-electron chi connectivity index (χ3n) is 6.40. The number of rotatable bonds is 5. The van der Waals surface area contributed by atoms with E-state index in [1.165, 1.54) is 24.6 Å². The number of amides is 1. The number of carbonyl (C=O) groups excluding carboxylic acids is 1. The van der Waals surface area contributed by atoms with E-state index in [0.29, 0.717) is 6.42 Å². The molecule has 0 aromatic heterocycles. The highest BCUT2D eigenvalue weighted by Crippen LogP contribution is 2.37. The van der Waals surface area contributed by atoms with Crippen LogP contribution in [0.3, 0.4) is 0 Å². The van der Waals surface area contributed by atoms with Gasteiger partial charge in [-0.1, -0.05) is 42.8 Å². The van der Waals surface area contributed by atoms with Gasteiger partial charge in [0.05, 0.1) is 0 Å². The molecule has 1 unspecified atom stereocenters. The maximum Gasteiger partial charge on any atom is 0.225 e. The van der Waals surface area contributed by atoms with Gasteiger partial charge in [-0.25, -0.2) is 0 Å². The first-order valence-electron chi connectivity index (χ1n) is 11.5. The Morgan fingerprint density at radius 3 is 2.69 bits per heavy atom. The number of nitrogens with zero attached hydrogens (tertiary/aromatic N) is 1. The molecule has 0 bridgehead atoms. The minimum absolute atomic E-state index is 0.0297. The van der Waals surface area contributed by atoms with Gasteiger partial charge >= 0.3 is 0 Å². The van der Waals surface area contributed by atoms with Gasteiger partial charge in [-0.3, -0.25) is 4.79 Å². The predicted octanol–water partition coefficient (Wildman–Crippen LogP) is 4.94. The molecule has 0 saturated carbocycles. The summed E-state index contributed by atoms with van der Waals surface area (Å²) in [7, 11) is 0. The monoisotopic (exact) mass is 427 g/mol. The highest BCUT2D eigenvalue weighted by molar-refractivity contribution is 5.98. The Balaban J connectivity index is 1.32. The standard InChI is InChI=1S/C27H29N3O2/c31-26(12-15-30-13-4-1-5-14-30)28-22-10-11-25-23(18-22)24(27(32)29-25)17-19-8-9-20-6-2-3-7-21(20)16-19/h2-3,6-11,16-18,27,29,32H,1,4-5,12-15H2,(H,28,31). The van der Waals surface area contributed by atoms with Gasteiger partial charge in [0.25, 0.3) is 0 Å². The van der Waals surface area contributed by atoms with Crippen molar-refractivity contribution in [2.75, 3.05) is 30.3 Å². The van der Waals surface area contributed by atoms with E-state index in [-0.39, 0.29) is 5.91 Å². The molecular formula is C27H29N3O2. The molecule has 5 nitrogen and oxygen atoms in total. The van der Waals surface area contributed by atoms with Crippen molar-refractivity contribution in [2.45, 2.75) is 31.9 Å². The number of fused-ring (bicyclic) bond motifs is 2. The van der Waals surface area contributed by atoms with E-state index in [1.807, 2.05) is 36.4 Å². The van der Waals surface area contributed by atoms with Crippen molar-refractivity contribution in [3.05, 3.63) is 71.8 Å². The van der Waals surface area contributed by atoms with Crippen LogP contribution in [0.4, 0.5) is 11.4 Å². The molecule has 1 fully saturated rings. The Morgan fingerprint density at radius 1 is 1.03 bits per heavy atom. The number of nitrogens with one attached hydrogen (secondary N) is 2. The van der Waals surface area contributed by atoms with Crippen molar-refractivity contribution in [2.24, 2.45) is 0 Å². The van der Waals surface area contributed by atoms with Crippen LogP contribution in [-0.4, -0.2) is 41.8 Å². The summed E-state index contributed by atoms with van der Waals surface area (Å²) in [5, 5.41) is 19.1. The second-order valence-corrected chi connectivity index (χ2v) is 8.71. The molecule has 2 heterocycles. The molecule has 1 saturated heterocycles. The van der Waals surface area contributed by atoms with E-state index in [9.17, 15) is 9.90 Å². The number of hydrogen-bond acceptors (Lipinski definition) is 4. The van der Waals surface area contributed by atoms with Crippen molar-refractivity contribution < 1.29 is 9.90 Å². The lowest BCUT2D eigenvalue weighted by Crippen LogP contribution is -2.32. The quantitative estimate of drug-likeness (QED) is 0.540. The van der Waals surface area contributed by atoms with E-state index in [2.05, 4.69) is 45.9 Å². The summed E-state index contributed by atoms with van der Waals surface area (Å²) in [5.41, 5.74) is 4.38. The molecule has 5 heteroatoms. The zero-order chi connectivity index (χ0) is 21.9. The maximum absolute atomic E-state index is 12.5. The number of aliphatic hydroxyl groups excluding tert-OH is 1. The van der Waals surface area contributed by atoms with Gasteiger partial charge in [0.2, 0.25) is 5.91 Å². The summed E-state index contributed by atoms with van der Waals surface area (Å²) in [4.78, 5) is 14.9. The Kier molecular flexibility index (Phi) is 5.93. The topological polar surface area (TPSA) is 64.6 Å². The lowest BCUT2D eigenvalue weighted by Gasteiger charge is -2.25. The molecule has 5 rings (SSSR count). The fourth-order valence-corrected chi connectivity index (χ4v) is 4.66. The van der Waals surface area contributed by atoms with E-state index in [4.69, 9.17) is 0 Å². The number of aliphatic hydroxyl groups is 1. The third kappa shape index (κ3) is 4.54. The highest BCUT2D eigenvalue weighted by Gasteiger charge is 2.25. The second kappa shape index (κ2) is 9.15. The van der Waals surface area contributed by atoms with Gasteiger partial charge in [-0.05, 0) is 72.6 Å². The first-order chi connectivity index (χ1) is 15.7. The molecule has 3 N–H and O–H groups in total. The number of benzene rings is 3. The van der Waals surface area contributed by atoms with Crippen LogP contribution in [0.1, 0.15) is 36.8 Å². The molecule has 0 aliphatic carbocycles. The molecule has 32 heavy (non-hydrogen) atoms. The number of piperidine rings is 1. The molecule has 1 atom stereocenters. The number of likely N-dealkylation sites (tertiary alicyclic amines) is 1. The predicted molar refractivity (Wildman–Crippen MR) is 131 cm³/mol. The van der Waals surface area contributed by atoms with Crippen LogP contribution in [0.5, 0.6) is 0 Å². The number of anilines is 2. The minimum Gasteiger partial charge on any atom is -0.369 e. The maximum atomic E-state index is 12.5. The van der Waals surface area contributed by atoms with Crippen molar-refractivity contribution in [1.29, 1.82) is 0 Å². The summed E-state index contributed by atoms with van der Waals surface area (Å²) in [6.45, 7) is 3.00. The molecule has 0 radical (unpaired) electrons. The normalized spacial score (nSPS) is 19.7. The Bertz CT molecular complexity index is 1160. The van der Waals surface area contributed by atoms with Crippen LogP contribution in [0.15, 0.2) is 60.7 Å². The Labute approximate surface area is 188 Å². The summed E-state index contributed by atoms with van der Waals surface area (Å²) in [6.07, 6.45) is 5.49. The van der Waals surface area contributed by atoms with Crippen LogP contribution in [0, 0.1) is 0 Å². The van der Waals surface area contributed by atoms with E-state index < -0.39 is 6.23 Å². The van der Waals surface area contributed by atoms with Gasteiger partial charge < -0.3 is 20.6 Å². The third-order valence-corrected chi connectivity index (χ3v) is 6.40. The fraction of sp³-hybridized carbons (Fsp3) is 0.296. The zero-order valence-corrected chi connectivity index (χ0v) is 18.2. The molecule has 3 aromatic carbocycles. The Morgan fingerprint density at radius 2 is 1.84 bits per heavy atom. The number of carbonyl (C=O) groups is 1. The molecular weight excluding hydrogens is 398 g/mol. The van der Waals surface area contributed by atoms with E-state index >= 15 is 0 Å². The van der Waals surface area contributed by atoms with Crippen LogP contribution < -0.4 is 10.6 Å². The average Bonchev–Trinajstić information content (AvgIpc) is 3.13. The summed E-state index contributed by atoms with van der Waals surface area (Å²) < 4.78 is 0. The second-order valence-electron chi connectivity index (χ2n) is 8.71. The summed E-state index contributed by atoms with van der Waals surface area (Å²) in [6, 6.07) is 20.3. The van der Waals surface area contributed by atoms with E-state index in [0.717, 1.165) is 53.1 Å². The summed E-state index contributed by atoms with van der Waals surface area (Å²) in [5.74, 6) is 0.0297. The molecule has 164 valence electrons. The van der Waals surface area contributed by atoms with Gasteiger partial charge in [0.1, 0.15) is 0 Å². The SMILES string of the molecule is O=C(CCN1CCCCC1)Nc1ccc2c(c1)C(=Cc1ccc3ccccc3c1)C(O)N2. The average molecular weight is 428 g/mol. The van der Waals surface area contributed by atoms with E-state index in [1.54, 1.807) is 0 Å². The highest BCUT2D eigenvalue weighted by atomic mass is 16.3. The lowest BCUT2D eigenvalue weighted by atomic mass is 10.0. The molecule has 1 amide bonds. The van der Waals surface area contributed by atoms with Gasteiger partial charge in [0.15, 0.2) is 6.23 Å². The van der Waals surface area contributed by atoms with Gasteiger partial charge in [0, 0.05) is 35.5 Å². The van der Waals surface area contributed by atoms with Crippen LogP contribution in [-0.2, 0) is 4.79 Å². The smallest absolute Gasteiger partial charge is 0.225 e. The fourth-order valence-electron chi connectivity index (χ4n) is 4.66. The molecule has 2 aliphatic rings. The number of hydrogen-bond donors (Lipinski definition) is 3. The summed E-state index contributed by atoms with van der Waals surface area (Å²) >= 11 is 0. The largest absolute Gasteiger partial charge is 0.369 e. The minimum atomic E-state index is -0.776.